The molecule has 0 unspecified atom stereocenters. The summed E-state index contributed by atoms with van der Waals surface area (Å²) < 4.78 is 12.8. The molecule has 0 fully saturated rings. The van der Waals surface area contributed by atoms with Gasteiger partial charge >= 0.3 is 0 Å². The van der Waals surface area contributed by atoms with E-state index in [0.717, 1.165) is 12.0 Å². The van der Waals surface area contributed by atoms with Crippen LogP contribution in [0.25, 0.3) is 0 Å². The molecule has 0 atom stereocenters. The van der Waals surface area contributed by atoms with Crippen molar-refractivity contribution in [3.8, 4) is 0 Å². The Kier molecular flexibility index (Phi) is 5.78. The summed E-state index contributed by atoms with van der Waals surface area (Å²) in [6.45, 7) is 2.55. The predicted octanol–water partition coefficient (Wildman–Crippen LogP) is 1.35. The van der Waals surface area contributed by atoms with Crippen LogP contribution in [0, 0.1) is 5.82 Å². The maximum Gasteiger partial charge on any atom is 0.227 e. The highest BCUT2D eigenvalue weighted by atomic mass is 19.1. The Morgan fingerprint density at radius 2 is 2.05 bits per heavy atom. The molecule has 6 heteroatoms. The number of halogens is 1. The zero-order valence-corrected chi connectivity index (χ0v) is 10.8. The number of amidine groups is 1. The van der Waals surface area contributed by atoms with E-state index in [1.807, 2.05) is 6.92 Å². The minimum absolute atomic E-state index is 0.0130. The lowest BCUT2D eigenvalue weighted by molar-refractivity contribution is -0.129. The van der Waals surface area contributed by atoms with Crippen LogP contribution in [0.15, 0.2) is 29.4 Å². The first-order valence-electron chi connectivity index (χ1n) is 6.05. The Labute approximate surface area is 111 Å². The van der Waals surface area contributed by atoms with Crippen LogP contribution in [-0.4, -0.2) is 34.9 Å². The number of carbonyl (C=O) groups is 1. The van der Waals surface area contributed by atoms with Crippen LogP contribution < -0.4 is 5.73 Å². The molecule has 104 valence electrons. The van der Waals surface area contributed by atoms with Gasteiger partial charge in [-0.2, -0.15) is 0 Å². The Morgan fingerprint density at radius 3 is 2.58 bits per heavy atom. The third kappa shape index (κ3) is 4.95. The number of hydrogen-bond donors (Lipinski definition) is 2. The molecule has 0 heterocycles. The van der Waals surface area contributed by atoms with E-state index >= 15 is 0 Å². The van der Waals surface area contributed by atoms with Crippen molar-refractivity contribution >= 4 is 11.7 Å². The van der Waals surface area contributed by atoms with Gasteiger partial charge in [-0.3, -0.25) is 4.79 Å². The molecule has 1 aromatic carbocycles. The van der Waals surface area contributed by atoms with Crippen molar-refractivity contribution in [2.45, 2.75) is 19.8 Å². The Balaban J connectivity index is 2.68. The Morgan fingerprint density at radius 1 is 1.42 bits per heavy atom. The summed E-state index contributed by atoms with van der Waals surface area (Å²) in [7, 11) is 0. The molecular formula is C13H18FN3O2. The first-order valence-corrected chi connectivity index (χ1v) is 6.05. The second-order valence-corrected chi connectivity index (χ2v) is 4.21. The molecule has 3 N–H and O–H groups in total. The number of amides is 1. The summed E-state index contributed by atoms with van der Waals surface area (Å²) in [5.41, 5.74) is 6.14. The van der Waals surface area contributed by atoms with E-state index < -0.39 is 0 Å². The molecule has 0 aliphatic carbocycles. The molecule has 19 heavy (non-hydrogen) atoms. The number of hydrogen-bond acceptors (Lipinski definition) is 3. The molecule has 0 aliphatic rings. The lowest BCUT2D eigenvalue weighted by Crippen LogP contribution is -2.39. The van der Waals surface area contributed by atoms with E-state index in [-0.39, 0.29) is 30.5 Å². The highest BCUT2D eigenvalue weighted by Crippen LogP contribution is 2.06. The summed E-state index contributed by atoms with van der Waals surface area (Å²) in [4.78, 5) is 13.6. The first kappa shape index (κ1) is 14.9. The zero-order valence-electron chi connectivity index (χ0n) is 10.8. The van der Waals surface area contributed by atoms with Crippen molar-refractivity contribution in [2.24, 2.45) is 10.9 Å². The normalized spacial score (nSPS) is 11.4. The van der Waals surface area contributed by atoms with Crippen molar-refractivity contribution in [3.05, 3.63) is 35.6 Å². The number of oxime groups is 1. The molecule has 1 aromatic rings. The van der Waals surface area contributed by atoms with Crippen LogP contribution >= 0.6 is 0 Å². The van der Waals surface area contributed by atoms with Crippen LogP contribution in [0.3, 0.4) is 0 Å². The maximum atomic E-state index is 12.8. The van der Waals surface area contributed by atoms with Crippen molar-refractivity contribution in [1.82, 2.24) is 4.90 Å². The first-order chi connectivity index (χ1) is 9.06. The van der Waals surface area contributed by atoms with Crippen molar-refractivity contribution in [2.75, 3.05) is 13.1 Å². The van der Waals surface area contributed by atoms with Gasteiger partial charge in [-0.05, 0) is 24.1 Å². The highest BCUT2D eigenvalue weighted by molar-refractivity contribution is 5.87. The third-order valence-corrected chi connectivity index (χ3v) is 2.60. The summed E-state index contributed by atoms with van der Waals surface area (Å²) in [6, 6.07) is 5.77. The Bertz CT molecular complexity index is 446. The van der Waals surface area contributed by atoms with Crippen molar-refractivity contribution < 1.29 is 14.4 Å². The van der Waals surface area contributed by atoms with Gasteiger partial charge in [-0.1, -0.05) is 24.2 Å². The second-order valence-electron chi connectivity index (χ2n) is 4.21. The average Bonchev–Trinajstić information content (AvgIpc) is 2.40. The molecule has 5 nitrogen and oxygen atoms in total. The topological polar surface area (TPSA) is 78.9 Å². The largest absolute Gasteiger partial charge is 0.409 e. The number of rotatable bonds is 6. The molecule has 0 aliphatic heterocycles. The van der Waals surface area contributed by atoms with E-state index in [1.165, 1.54) is 17.0 Å². The van der Waals surface area contributed by atoms with E-state index in [4.69, 9.17) is 10.9 Å². The quantitative estimate of drug-likeness (QED) is 0.353. The molecule has 1 rings (SSSR count). The van der Waals surface area contributed by atoms with E-state index in [0.29, 0.717) is 6.54 Å². The number of carbonyl (C=O) groups excluding carboxylic acids is 1. The molecule has 1 amide bonds. The lowest BCUT2D eigenvalue weighted by Gasteiger charge is -2.21. The smallest absolute Gasteiger partial charge is 0.227 e. The second kappa shape index (κ2) is 7.35. The molecule has 0 aromatic heterocycles. The van der Waals surface area contributed by atoms with Gasteiger partial charge in [-0.25, -0.2) is 4.39 Å². The van der Waals surface area contributed by atoms with Crippen molar-refractivity contribution in [3.63, 3.8) is 0 Å². The summed E-state index contributed by atoms with van der Waals surface area (Å²) in [5, 5.41) is 11.4. The summed E-state index contributed by atoms with van der Waals surface area (Å²) in [6.07, 6.45) is 0.937. The van der Waals surface area contributed by atoms with Crippen LogP contribution in [-0.2, 0) is 11.2 Å². The fourth-order valence-corrected chi connectivity index (χ4v) is 1.68. The maximum absolute atomic E-state index is 12.8. The zero-order chi connectivity index (χ0) is 14.3. The van der Waals surface area contributed by atoms with Crippen LogP contribution in [0.1, 0.15) is 18.9 Å². The molecule has 0 spiro atoms. The van der Waals surface area contributed by atoms with Crippen molar-refractivity contribution in [1.29, 1.82) is 0 Å². The van der Waals surface area contributed by atoms with Crippen LogP contribution in [0.4, 0.5) is 4.39 Å². The van der Waals surface area contributed by atoms with Gasteiger partial charge in [0.15, 0.2) is 5.84 Å². The summed E-state index contributed by atoms with van der Waals surface area (Å²) >= 11 is 0. The molecule has 0 bridgehead atoms. The predicted molar refractivity (Wildman–Crippen MR) is 70.4 cm³/mol. The van der Waals surface area contributed by atoms with Gasteiger partial charge in [0, 0.05) is 6.54 Å². The fraction of sp³-hybridized carbons (Fsp3) is 0.385. The third-order valence-electron chi connectivity index (χ3n) is 2.60. The molecule has 0 saturated heterocycles. The van der Waals surface area contributed by atoms with Crippen LogP contribution in [0.2, 0.25) is 0 Å². The standard InChI is InChI=1S/C13H18FN3O2/c1-2-7-17(9-12(15)16-19)13(18)8-10-3-5-11(14)6-4-10/h3-6,19H,2,7-9H2,1H3,(H2,15,16). The number of nitrogens with two attached hydrogens (primary N) is 1. The molecule has 0 saturated carbocycles. The molecule has 0 radical (unpaired) electrons. The van der Waals surface area contributed by atoms with Gasteiger partial charge in [0.1, 0.15) is 5.82 Å². The monoisotopic (exact) mass is 267 g/mol. The average molecular weight is 267 g/mol. The number of benzene rings is 1. The van der Waals surface area contributed by atoms with E-state index in [2.05, 4.69) is 5.16 Å². The van der Waals surface area contributed by atoms with Gasteiger partial charge in [0.25, 0.3) is 0 Å². The van der Waals surface area contributed by atoms with Gasteiger partial charge < -0.3 is 15.8 Å². The summed E-state index contributed by atoms with van der Waals surface area (Å²) in [5.74, 6) is -0.487. The lowest BCUT2D eigenvalue weighted by atomic mass is 10.1. The Hall–Kier alpha value is -2.11. The molecular weight excluding hydrogens is 249 g/mol. The SMILES string of the molecule is CCCN(CC(N)=NO)C(=O)Cc1ccc(F)cc1. The van der Waals surface area contributed by atoms with Gasteiger partial charge in [-0.15, -0.1) is 0 Å². The van der Waals surface area contributed by atoms with E-state index in [9.17, 15) is 9.18 Å². The minimum Gasteiger partial charge on any atom is -0.409 e. The fourth-order valence-electron chi connectivity index (χ4n) is 1.68. The van der Waals surface area contributed by atoms with Crippen LogP contribution in [0.5, 0.6) is 0 Å². The van der Waals surface area contributed by atoms with Gasteiger partial charge in [0.2, 0.25) is 5.91 Å². The van der Waals surface area contributed by atoms with E-state index in [1.54, 1.807) is 12.1 Å². The minimum atomic E-state index is -0.335. The highest BCUT2D eigenvalue weighted by Gasteiger charge is 2.14. The van der Waals surface area contributed by atoms with Gasteiger partial charge in [0.05, 0.1) is 13.0 Å². The number of nitrogens with zero attached hydrogens (tertiary/aromatic N) is 2.